The molecule has 2 bridgehead atoms. The lowest BCUT2D eigenvalue weighted by Crippen LogP contribution is -2.50. The first kappa shape index (κ1) is 17.0. The zero-order valence-corrected chi connectivity index (χ0v) is 15.6. The van der Waals surface area contributed by atoms with Gasteiger partial charge < -0.3 is 14.0 Å². The molecule has 0 radical (unpaired) electrons. The van der Waals surface area contributed by atoms with Crippen molar-refractivity contribution in [1.82, 2.24) is 14.0 Å². The molecule has 0 aliphatic carbocycles. The number of likely N-dealkylation sites (tertiary alicyclic amines) is 1. The maximum Gasteiger partial charge on any atom is 0.250 e. The van der Waals surface area contributed by atoms with Crippen molar-refractivity contribution in [2.75, 3.05) is 13.1 Å². The van der Waals surface area contributed by atoms with Crippen LogP contribution in [0.25, 0.3) is 0 Å². The minimum Gasteiger partial charge on any atom is -0.340 e. The Hall–Kier alpha value is -3.08. The smallest absolute Gasteiger partial charge is 0.250 e. The van der Waals surface area contributed by atoms with Crippen LogP contribution in [0.1, 0.15) is 29.6 Å². The molecule has 2 aliphatic rings. The summed E-state index contributed by atoms with van der Waals surface area (Å²) in [6, 6.07) is 19.0. The summed E-state index contributed by atoms with van der Waals surface area (Å²) in [5, 5.41) is 0. The van der Waals surface area contributed by atoms with Crippen LogP contribution in [0.5, 0.6) is 0 Å². The van der Waals surface area contributed by atoms with Gasteiger partial charge in [0.2, 0.25) is 5.91 Å². The van der Waals surface area contributed by atoms with E-state index in [-0.39, 0.29) is 23.4 Å². The van der Waals surface area contributed by atoms with Gasteiger partial charge in [0.25, 0.3) is 5.56 Å². The molecule has 5 nitrogen and oxygen atoms in total. The molecule has 2 aromatic heterocycles. The number of piperidine rings is 1. The monoisotopic (exact) mass is 373 g/mol. The molecule has 1 aromatic carbocycles. The van der Waals surface area contributed by atoms with Crippen molar-refractivity contribution < 1.29 is 4.79 Å². The van der Waals surface area contributed by atoms with E-state index in [1.807, 2.05) is 81.0 Å². The van der Waals surface area contributed by atoms with Crippen LogP contribution >= 0.6 is 0 Å². The van der Waals surface area contributed by atoms with Crippen molar-refractivity contribution >= 4 is 5.91 Å². The summed E-state index contributed by atoms with van der Waals surface area (Å²) in [6.45, 7) is 2.08. The summed E-state index contributed by atoms with van der Waals surface area (Å²) < 4.78 is 3.89. The van der Waals surface area contributed by atoms with Crippen LogP contribution in [0.15, 0.2) is 77.9 Å². The van der Waals surface area contributed by atoms with E-state index in [2.05, 4.69) is 0 Å². The van der Waals surface area contributed by atoms with Crippen molar-refractivity contribution in [2.45, 2.75) is 24.9 Å². The molecule has 3 atom stereocenters. The summed E-state index contributed by atoms with van der Waals surface area (Å²) in [5.41, 5.74) is 2.14. The number of fused-ring (bicyclic) bond motifs is 4. The van der Waals surface area contributed by atoms with Crippen LogP contribution in [0.4, 0.5) is 0 Å². The fraction of sp³-hybridized carbons (Fsp3) is 0.304. The van der Waals surface area contributed by atoms with Crippen LogP contribution < -0.4 is 5.56 Å². The van der Waals surface area contributed by atoms with E-state index < -0.39 is 0 Å². The number of hydrogen-bond donors (Lipinski definition) is 0. The van der Waals surface area contributed by atoms with Crippen LogP contribution in [0, 0.1) is 5.92 Å². The Bertz CT molecular complexity index is 1040. The molecule has 1 fully saturated rings. The molecule has 1 saturated heterocycles. The van der Waals surface area contributed by atoms with Crippen molar-refractivity contribution in [2.24, 2.45) is 5.92 Å². The summed E-state index contributed by atoms with van der Waals surface area (Å²) in [6.07, 6.45) is 4.96. The standard InChI is InChI=1S/C23H23N3O2/c27-21-10-6-9-20-19-13-17(15-26(20)21)14-25(16-19)23(28)22(24-11-4-5-12-24)18-7-2-1-3-8-18/h1-12,17,19,22H,13-16H2/t17-,19+,22-/m1/s1. The summed E-state index contributed by atoms with van der Waals surface area (Å²) in [4.78, 5) is 27.9. The number of pyridine rings is 1. The molecular weight excluding hydrogens is 350 g/mol. The highest BCUT2D eigenvalue weighted by atomic mass is 16.2. The van der Waals surface area contributed by atoms with Gasteiger partial charge in [-0.3, -0.25) is 9.59 Å². The second kappa shape index (κ2) is 6.82. The summed E-state index contributed by atoms with van der Waals surface area (Å²) in [7, 11) is 0. The number of carbonyl (C=O) groups excluding carboxylic acids is 1. The van der Waals surface area contributed by atoms with Crippen molar-refractivity contribution in [3.8, 4) is 0 Å². The fourth-order valence-corrected chi connectivity index (χ4v) is 4.85. The summed E-state index contributed by atoms with van der Waals surface area (Å²) >= 11 is 0. The predicted octanol–water partition coefficient (Wildman–Crippen LogP) is 2.89. The highest BCUT2D eigenvalue weighted by molar-refractivity contribution is 5.84. The van der Waals surface area contributed by atoms with E-state index in [4.69, 9.17) is 0 Å². The third kappa shape index (κ3) is 2.87. The Morgan fingerprint density at radius 1 is 0.893 bits per heavy atom. The Balaban J connectivity index is 1.48. The lowest BCUT2D eigenvalue weighted by Gasteiger charge is -2.43. The van der Waals surface area contributed by atoms with Crippen molar-refractivity contribution in [3.05, 3.63) is 94.7 Å². The number of aromatic nitrogens is 2. The number of carbonyl (C=O) groups is 1. The van der Waals surface area contributed by atoms with Crippen molar-refractivity contribution in [3.63, 3.8) is 0 Å². The molecule has 2 aliphatic heterocycles. The second-order valence-electron chi connectivity index (χ2n) is 7.88. The molecule has 5 heteroatoms. The van der Waals surface area contributed by atoms with Gasteiger partial charge in [-0.25, -0.2) is 0 Å². The molecule has 1 amide bonds. The first-order valence-electron chi connectivity index (χ1n) is 9.86. The van der Waals surface area contributed by atoms with Gasteiger partial charge in [0.15, 0.2) is 0 Å². The van der Waals surface area contributed by atoms with Gasteiger partial charge in [-0.2, -0.15) is 0 Å². The third-order valence-corrected chi connectivity index (χ3v) is 6.07. The van der Waals surface area contributed by atoms with Gasteiger partial charge in [-0.1, -0.05) is 36.4 Å². The normalized spacial score (nSPS) is 21.8. The average Bonchev–Trinajstić information content (AvgIpc) is 3.24. The highest BCUT2D eigenvalue weighted by Gasteiger charge is 2.38. The number of rotatable bonds is 3. The van der Waals surface area contributed by atoms with E-state index in [0.717, 1.165) is 17.7 Å². The SMILES string of the molecule is O=C([C@@H](c1ccccc1)n1cccc1)N1C[C@H]2C[C@@H](C1)c1cccc(=O)n1C2. The van der Waals surface area contributed by atoms with Crippen molar-refractivity contribution in [1.29, 1.82) is 0 Å². The van der Waals surface area contributed by atoms with Crippen LogP contribution in [-0.2, 0) is 11.3 Å². The van der Waals surface area contributed by atoms with Gasteiger partial charge in [-0.15, -0.1) is 0 Å². The predicted molar refractivity (Wildman–Crippen MR) is 107 cm³/mol. The Labute approximate surface area is 163 Å². The molecule has 0 saturated carbocycles. The molecule has 0 unspecified atom stereocenters. The Morgan fingerprint density at radius 2 is 1.68 bits per heavy atom. The Morgan fingerprint density at radius 3 is 2.46 bits per heavy atom. The Kier molecular flexibility index (Phi) is 4.15. The quantitative estimate of drug-likeness (QED) is 0.709. The van der Waals surface area contributed by atoms with E-state index in [0.29, 0.717) is 25.6 Å². The zero-order valence-electron chi connectivity index (χ0n) is 15.6. The van der Waals surface area contributed by atoms with E-state index in [9.17, 15) is 9.59 Å². The van der Waals surface area contributed by atoms with E-state index in [1.165, 1.54) is 0 Å². The van der Waals surface area contributed by atoms with Crippen LogP contribution in [0.3, 0.4) is 0 Å². The second-order valence-corrected chi connectivity index (χ2v) is 7.88. The topological polar surface area (TPSA) is 47.2 Å². The third-order valence-electron chi connectivity index (χ3n) is 6.07. The largest absolute Gasteiger partial charge is 0.340 e. The molecule has 0 N–H and O–H groups in total. The first-order chi connectivity index (χ1) is 13.7. The lowest BCUT2D eigenvalue weighted by atomic mass is 9.82. The molecule has 0 spiro atoms. The molecule has 4 heterocycles. The molecular formula is C23H23N3O2. The number of benzene rings is 1. The molecule has 3 aromatic rings. The number of amides is 1. The minimum atomic E-state index is -0.354. The van der Waals surface area contributed by atoms with Crippen LogP contribution in [0.2, 0.25) is 0 Å². The van der Waals surface area contributed by atoms with Gasteiger partial charge >= 0.3 is 0 Å². The van der Waals surface area contributed by atoms with Gasteiger partial charge in [0.1, 0.15) is 6.04 Å². The zero-order chi connectivity index (χ0) is 19.1. The summed E-state index contributed by atoms with van der Waals surface area (Å²) in [5.74, 6) is 0.687. The number of hydrogen-bond acceptors (Lipinski definition) is 2. The minimum absolute atomic E-state index is 0.0708. The first-order valence-corrected chi connectivity index (χ1v) is 9.86. The van der Waals surface area contributed by atoms with Gasteiger partial charge in [-0.05, 0) is 36.1 Å². The van der Waals surface area contributed by atoms with E-state index >= 15 is 0 Å². The average molecular weight is 373 g/mol. The molecule has 5 rings (SSSR count). The van der Waals surface area contributed by atoms with Gasteiger partial charge in [0, 0.05) is 49.7 Å². The van der Waals surface area contributed by atoms with Gasteiger partial charge in [0.05, 0.1) is 0 Å². The maximum atomic E-state index is 13.6. The lowest BCUT2D eigenvalue weighted by molar-refractivity contribution is -0.136. The maximum absolute atomic E-state index is 13.6. The molecule has 142 valence electrons. The highest BCUT2D eigenvalue weighted by Crippen LogP contribution is 2.36. The fourth-order valence-electron chi connectivity index (χ4n) is 4.85. The number of nitrogens with zero attached hydrogens (tertiary/aromatic N) is 3. The van der Waals surface area contributed by atoms with Crippen LogP contribution in [-0.4, -0.2) is 33.0 Å². The molecule has 28 heavy (non-hydrogen) atoms. The van der Waals surface area contributed by atoms with E-state index in [1.54, 1.807) is 6.07 Å².